The zero-order valence-corrected chi connectivity index (χ0v) is 11.2. The van der Waals surface area contributed by atoms with Crippen LogP contribution >= 0.6 is 0 Å². The molecule has 1 N–H and O–H groups in total. The Morgan fingerprint density at radius 1 is 1.22 bits per heavy atom. The molecule has 3 heteroatoms. The van der Waals surface area contributed by atoms with Gasteiger partial charge in [-0.3, -0.25) is 4.90 Å². The molecular weight excluding hydrogens is 224 g/mol. The number of nitrogens with zero attached hydrogens (tertiary/aromatic N) is 1. The van der Waals surface area contributed by atoms with Crippen molar-refractivity contribution in [1.29, 1.82) is 0 Å². The Kier molecular flexibility index (Phi) is 3.27. The second-order valence-corrected chi connectivity index (χ2v) is 5.74. The third-order valence-corrected chi connectivity index (χ3v) is 3.81. The molecule has 2 heterocycles. The highest BCUT2D eigenvalue weighted by Crippen LogP contribution is 2.28. The van der Waals surface area contributed by atoms with Crippen LogP contribution < -0.4 is 10.1 Å². The maximum atomic E-state index is 6.02. The summed E-state index contributed by atoms with van der Waals surface area (Å²) in [5, 5.41) is 3.57. The van der Waals surface area contributed by atoms with E-state index in [1.807, 2.05) is 0 Å². The number of rotatable bonds is 2. The fourth-order valence-corrected chi connectivity index (χ4v) is 3.23. The molecule has 2 aliphatic rings. The third-order valence-electron chi connectivity index (χ3n) is 3.81. The predicted octanol–water partition coefficient (Wildman–Crippen LogP) is 1.67. The molecule has 1 aromatic carbocycles. The van der Waals surface area contributed by atoms with Gasteiger partial charge in [0.1, 0.15) is 11.9 Å². The maximum absolute atomic E-state index is 6.02. The van der Waals surface area contributed by atoms with Gasteiger partial charge in [0, 0.05) is 38.1 Å². The number of hydrogen-bond acceptors (Lipinski definition) is 3. The van der Waals surface area contributed by atoms with Crippen LogP contribution in [0.1, 0.15) is 19.4 Å². The zero-order chi connectivity index (χ0) is 12.5. The minimum absolute atomic E-state index is 0.333. The van der Waals surface area contributed by atoms with Crippen LogP contribution in [0.5, 0.6) is 5.75 Å². The molecule has 0 spiro atoms. The normalized spacial score (nSPS) is 32.0. The van der Waals surface area contributed by atoms with E-state index in [0.717, 1.165) is 31.8 Å². The number of benzene rings is 1. The fourth-order valence-electron chi connectivity index (χ4n) is 3.23. The van der Waals surface area contributed by atoms with E-state index in [0.29, 0.717) is 18.2 Å². The van der Waals surface area contributed by atoms with E-state index in [2.05, 4.69) is 48.3 Å². The van der Waals surface area contributed by atoms with Gasteiger partial charge in [-0.05, 0) is 25.5 Å². The molecule has 18 heavy (non-hydrogen) atoms. The molecule has 3 atom stereocenters. The Morgan fingerprint density at radius 2 is 1.94 bits per heavy atom. The molecule has 0 aliphatic carbocycles. The van der Waals surface area contributed by atoms with Crippen LogP contribution in [-0.4, -0.2) is 42.7 Å². The van der Waals surface area contributed by atoms with E-state index in [1.165, 1.54) is 5.56 Å². The van der Waals surface area contributed by atoms with Crippen molar-refractivity contribution in [1.82, 2.24) is 10.2 Å². The first-order valence-electron chi connectivity index (χ1n) is 6.93. The van der Waals surface area contributed by atoms with Crippen molar-refractivity contribution < 1.29 is 4.74 Å². The van der Waals surface area contributed by atoms with Crippen molar-refractivity contribution in [3.05, 3.63) is 29.8 Å². The van der Waals surface area contributed by atoms with E-state index in [1.54, 1.807) is 0 Å². The van der Waals surface area contributed by atoms with Crippen LogP contribution in [0.3, 0.4) is 0 Å². The molecule has 0 amide bonds. The Balaban J connectivity index is 1.59. The molecule has 3 unspecified atom stereocenters. The molecule has 3 nitrogen and oxygen atoms in total. The summed E-state index contributed by atoms with van der Waals surface area (Å²) in [6.07, 6.45) is 1.39. The van der Waals surface area contributed by atoms with Crippen molar-refractivity contribution in [2.75, 3.05) is 19.6 Å². The highest BCUT2D eigenvalue weighted by molar-refractivity contribution is 5.37. The van der Waals surface area contributed by atoms with E-state index in [4.69, 9.17) is 4.74 Å². The Hall–Kier alpha value is -1.06. The Labute approximate surface area is 109 Å². The highest BCUT2D eigenvalue weighted by atomic mass is 16.5. The number of fused-ring (bicyclic) bond motifs is 1. The van der Waals surface area contributed by atoms with Gasteiger partial charge in [0.05, 0.1) is 0 Å². The first-order chi connectivity index (χ1) is 8.70. The van der Waals surface area contributed by atoms with Gasteiger partial charge < -0.3 is 10.1 Å². The minimum Gasteiger partial charge on any atom is -0.488 e. The van der Waals surface area contributed by atoms with Crippen LogP contribution in [0.15, 0.2) is 24.3 Å². The van der Waals surface area contributed by atoms with E-state index in [-0.39, 0.29) is 0 Å². The summed E-state index contributed by atoms with van der Waals surface area (Å²) in [5.74, 6) is 1.08. The predicted molar refractivity (Wildman–Crippen MR) is 73.1 cm³/mol. The largest absolute Gasteiger partial charge is 0.488 e. The lowest BCUT2D eigenvalue weighted by Gasteiger charge is -2.37. The average molecular weight is 246 g/mol. The topological polar surface area (TPSA) is 24.5 Å². The molecule has 0 radical (unpaired) electrons. The van der Waals surface area contributed by atoms with E-state index in [9.17, 15) is 0 Å². The molecule has 2 aliphatic heterocycles. The van der Waals surface area contributed by atoms with Gasteiger partial charge in [0.25, 0.3) is 0 Å². The quantitative estimate of drug-likeness (QED) is 0.859. The number of nitrogens with one attached hydrogen (secondary N) is 1. The molecule has 1 fully saturated rings. The molecule has 0 saturated carbocycles. The first-order valence-corrected chi connectivity index (χ1v) is 6.93. The van der Waals surface area contributed by atoms with Crippen LogP contribution in [0.25, 0.3) is 0 Å². The Bertz CT molecular complexity index is 386. The van der Waals surface area contributed by atoms with Gasteiger partial charge in [-0.2, -0.15) is 0 Å². The second kappa shape index (κ2) is 4.90. The molecular formula is C15H22N2O. The number of para-hydroxylation sites is 1. The summed E-state index contributed by atoms with van der Waals surface area (Å²) >= 11 is 0. The van der Waals surface area contributed by atoms with Crippen molar-refractivity contribution in [3.63, 3.8) is 0 Å². The first kappa shape index (κ1) is 12.0. The summed E-state index contributed by atoms with van der Waals surface area (Å²) in [6.45, 7) is 7.81. The van der Waals surface area contributed by atoms with Crippen molar-refractivity contribution >= 4 is 0 Å². The van der Waals surface area contributed by atoms with Gasteiger partial charge in [0.15, 0.2) is 0 Å². The van der Waals surface area contributed by atoms with Gasteiger partial charge >= 0.3 is 0 Å². The van der Waals surface area contributed by atoms with Gasteiger partial charge in [-0.15, -0.1) is 0 Å². The van der Waals surface area contributed by atoms with Crippen LogP contribution in [0.2, 0.25) is 0 Å². The molecule has 1 aromatic rings. The van der Waals surface area contributed by atoms with Crippen LogP contribution in [0, 0.1) is 0 Å². The summed E-state index contributed by atoms with van der Waals surface area (Å²) < 4.78 is 6.02. The second-order valence-electron chi connectivity index (χ2n) is 5.74. The SMILES string of the molecule is CC1CN(CC2Cc3ccccc3O2)CC(C)N1. The van der Waals surface area contributed by atoms with E-state index >= 15 is 0 Å². The Morgan fingerprint density at radius 3 is 2.67 bits per heavy atom. The van der Waals surface area contributed by atoms with Crippen molar-refractivity contribution in [3.8, 4) is 5.75 Å². The van der Waals surface area contributed by atoms with Gasteiger partial charge in [-0.25, -0.2) is 0 Å². The van der Waals surface area contributed by atoms with Crippen molar-refractivity contribution in [2.24, 2.45) is 0 Å². The van der Waals surface area contributed by atoms with Crippen LogP contribution in [0.4, 0.5) is 0 Å². The lowest BCUT2D eigenvalue weighted by molar-refractivity contribution is 0.111. The lowest BCUT2D eigenvalue weighted by atomic mass is 10.1. The molecule has 0 bridgehead atoms. The fraction of sp³-hybridized carbons (Fsp3) is 0.600. The monoisotopic (exact) mass is 246 g/mol. The summed E-state index contributed by atoms with van der Waals surface area (Å²) in [6, 6.07) is 9.57. The number of hydrogen-bond donors (Lipinski definition) is 1. The summed E-state index contributed by atoms with van der Waals surface area (Å²) in [7, 11) is 0. The minimum atomic E-state index is 0.333. The zero-order valence-electron chi connectivity index (χ0n) is 11.2. The molecule has 98 valence electrons. The molecule has 1 saturated heterocycles. The van der Waals surface area contributed by atoms with Crippen molar-refractivity contribution in [2.45, 2.75) is 38.5 Å². The highest BCUT2D eigenvalue weighted by Gasteiger charge is 2.27. The van der Waals surface area contributed by atoms with E-state index < -0.39 is 0 Å². The standard InChI is InChI=1S/C15H22N2O/c1-11-8-17(9-12(2)16-11)10-14-7-13-5-3-4-6-15(13)18-14/h3-6,11-12,14,16H,7-10H2,1-2H3. The molecule has 3 rings (SSSR count). The average Bonchev–Trinajstić information content (AvgIpc) is 2.69. The third kappa shape index (κ3) is 2.52. The summed E-state index contributed by atoms with van der Waals surface area (Å²) in [5.41, 5.74) is 1.36. The number of ether oxygens (including phenoxy) is 1. The van der Waals surface area contributed by atoms with Gasteiger partial charge in [0.2, 0.25) is 0 Å². The maximum Gasteiger partial charge on any atom is 0.123 e. The smallest absolute Gasteiger partial charge is 0.123 e. The molecule has 0 aromatic heterocycles. The lowest BCUT2D eigenvalue weighted by Crippen LogP contribution is -2.55. The van der Waals surface area contributed by atoms with Gasteiger partial charge in [-0.1, -0.05) is 18.2 Å². The number of piperazine rings is 1. The summed E-state index contributed by atoms with van der Waals surface area (Å²) in [4.78, 5) is 2.53. The van der Waals surface area contributed by atoms with Crippen LogP contribution in [-0.2, 0) is 6.42 Å².